The van der Waals surface area contributed by atoms with Gasteiger partial charge in [0.15, 0.2) is 6.61 Å². The van der Waals surface area contributed by atoms with Crippen LogP contribution in [0.5, 0.6) is 0 Å². The van der Waals surface area contributed by atoms with Gasteiger partial charge in [0.05, 0.1) is 5.69 Å². The summed E-state index contributed by atoms with van der Waals surface area (Å²) < 4.78 is 20.0. The van der Waals surface area contributed by atoms with E-state index < -0.39 is 5.97 Å². The van der Waals surface area contributed by atoms with E-state index in [0.717, 1.165) is 0 Å². The lowest BCUT2D eigenvalue weighted by atomic mass is 10.2. The van der Waals surface area contributed by atoms with Gasteiger partial charge in [-0.3, -0.25) is 14.4 Å². The van der Waals surface area contributed by atoms with Crippen molar-refractivity contribution in [2.75, 3.05) is 37.7 Å². The number of carbonyl (C=O) groups excluding carboxylic acids is 2. The number of halogens is 1. The molecule has 1 aromatic carbocycles. The van der Waals surface area contributed by atoms with E-state index in [1.54, 1.807) is 35.2 Å². The van der Waals surface area contributed by atoms with E-state index in [1.165, 1.54) is 22.9 Å². The van der Waals surface area contributed by atoms with Crippen molar-refractivity contribution in [2.45, 2.75) is 6.54 Å². The lowest BCUT2D eigenvalue weighted by molar-refractivity contribution is -0.152. The number of rotatable bonds is 5. The summed E-state index contributed by atoms with van der Waals surface area (Å²) in [6.07, 6.45) is 1.48. The van der Waals surface area contributed by atoms with E-state index in [-0.39, 0.29) is 30.4 Å². The Labute approximate surface area is 155 Å². The summed E-state index contributed by atoms with van der Waals surface area (Å²) in [5, 5.41) is 0. The van der Waals surface area contributed by atoms with Crippen molar-refractivity contribution in [3.8, 4) is 0 Å². The van der Waals surface area contributed by atoms with Gasteiger partial charge in [-0.05, 0) is 18.2 Å². The molecule has 1 aliphatic rings. The second-order valence-corrected chi connectivity index (χ2v) is 6.15. The largest absolute Gasteiger partial charge is 0.454 e. The Kier molecular flexibility index (Phi) is 5.85. The number of ether oxygens (including phenoxy) is 1. The van der Waals surface area contributed by atoms with Gasteiger partial charge >= 0.3 is 5.97 Å². The second kappa shape index (κ2) is 8.48. The highest BCUT2D eigenvalue weighted by molar-refractivity contribution is 5.80. The molecule has 1 saturated heterocycles. The molecule has 1 fully saturated rings. The van der Waals surface area contributed by atoms with Crippen LogP contribution in [0.3, 0.4) is 0 Å². The predicted octanol–water partition coefficient (Wildman–Crippen LogP) is 0.879. The minimum Gasteiger partial charge on any atom is -0.454 e. The molecule has 0 saturated carbocycles. The molecule has 0 unspecified atom stereocenters. The standard InChI is InChI=1S/C19H20FN3O4/c20-15-5-1-2-6-16(15)21-9-11-22(12-10-21)18(25)14-27-19(26)13-23-8-4-3-7-17(23)24/h1-8H,9-14H2. The maximum absolute atomic E-state index is 13.8. The lowest BCUT2D eigenvalue weighted by Crippen LogP contribution is -2.50. The van der Waals surface area contributed by atoms with Crippen LogP contribution in [-0.4, -0.2) is 54.1 Å². The molecule has 1 aliphatic heterocycles. The first kappa shape index (κ1) is 18.6. The Morgan fingerprint density at radius 3 is 2.41 bits per heavy atom. The van der Waals surface area contributed by atoms with E-state index in [4.69, 9.17) is 4.74 Å². The van der Waals surface area contributed by atoms with E-state index in [0.29, 0.717) is 31.9 Å². The van der Waals surface area contributed by atoms with Crippen LogP contribution in [0.25, 0.3) is 0 Å². The zero-order valence-corrected chi connectivity index (χ0v) is 14.7. The molecular formula is C19H20FN3O4. The number of nitrogens with zero attached hydrogens (tertiary/aromatic N) is 3. The molecule has 27 heavy (non-hydrogen) atoms. The van der Waals surface area contributed by atoms with Gasteiger partial charge in [0.2, 0.25) is 0 Å². The summed E-state index contributed by atoms with van der Waals surface area (Å²) in [4.78, 5) is 39.1. The topological polar surface area (TPSA) is 71.8 Å². The van der Waals surface area contributed by atoms with Crippen LogP contribution in [0.1, 0.15) is 0 Å². The summed E-state index contributed by atoms with van der Waals surface area (Å²) in [7, 11) is 0. The number of hydrogen-bond acceptors (Lipinski definition) is 5. The second-order valence-electron chi connectivity index (χ2n) is 6.15. The Bertz CT molecular complexity index is 875. The van der Waals surface area contributed by atoms with Gasteiger partial charge in [-0.15, -0.1) is 0 Å². The number of para-hydroxylation sites is 1. The predicted molar refractivity (Wildman–Crippen MR) is 96.9 cm³/mol. The highest BCUT2D eigenvalue weighted by Gasteiger charge is 2.23. The van der Waals surface area contributed by atoms with Crippen LogP contribution in [0.4, 0.5) is 10.1 Å². The third-order valence-electron chi connectivity index (χ3n) is 4.38. The molecule has 0 spiro atoms. The summed E-state index contributed by atoms with van der Waals surface area (Å²) in [5.41, 5.74) is 0.203. The molecule has 8 heteroatoms. The maximum atomic E-state index is 13.8. The average molecular weight is 373 g/mol. The van der Waals surface area contributed by atoms with Gasteiger partial charge in [-0.1, -0.05) is 18.2 Å². The molecule has 2 aromatic rings. The Hall–Kier alpha value is -3.16. The minimum absolute atomic E-state index is 0.242. The fourth-order valence-corrected chi connectivity index (χ4v) is 2.91. The molecule has 0 N–H and O–H groups in total. The number of pyridine rings is 1. The highest BCUT2D eigenvalue weighted by atomic mass is 19.1. The molecule has 0 radical (unpaired) electrons. The molecule has 1 amide bonds. The zero-order chi connectivity index (χ0) is 19.2. The summed E-state index contributed by atoms with van der Waals surface area (Å²) >= 11 is 0. The third-order valence-corrected chi connectivity index (χ3v) is 4.38. The lowest BCUT2D eigenvalue weighted by Gasteiger charge is -2.36. The molecule has 0 atom stereocenters. The molecule has 3 rings (SSSR count). The van der Waals surface area contributed by atoms with Gasteiger partial charge in [0, 0.05) is 38.4 Å². The van der Waals surface area contributed by atoms with Gasteiger partial charge in [0.25, 0.3) is 11.5 Å². The number of anilines is 1. The Morgan fingerprint density at radius 2 is 1.70 bits per heavy atom. The Balaban J connectivity index is 1.46. The van der Waals surface area contributed by atoms with Crippen molar-refractivity contribution >= 4 is 17.6 Å². The first-order valence-corrected chi connectivity index (χ1v) is 8.63. The quantitative estimate of drug-likeness (QED) is 0.728. The summed E-state index contributed by atoms with van der Waals surface area (Å²) in [6, 6.07) is 11.1. The fraction of sp³-hybridized carbons (Fsp3) is 0.316. The van der Waals surface area contributed by atoms with Crippen molar-refractivity contribution in [3.63, 3.8) is 0 Å². The molecular weight excluding hydrogens is 353 g/mol. The van der Waals surface area contributed by atoms with Gasteiger partial charge < -0.3 is 19.1 Å². The molecule has 2 heterocycles. The third kappa shape index (κ3) is 4.72. The van der Waals surface area contributed by atoms with Crippen molar-refractivity contribution < 1.29 is 18.7 Å². The monoisotopic (exact) mass is 373 g/mol. The molecule has 142 valence electrons. The smallest absolute Gasteiger partial charge is 0.326 e. The van der Waals surface area contributed by atoms with Gasteiger partial charge in [-0.2, -0.15) is 0 Å². The SMILES string of the molecule is O=C(Cn1ccccc1=O)OCC(=O)N1CCN(c2ccccc2F)CC1. The fourth-order valence-electron chi connectivity index (χ4n) is 2.91. The zero-order valence-electron chi connectivity index (χ0n) is 14.7. The first-order valence-electron chi connectivity index (χ1n) is 8.63. The van der Waals surface area contributed by atoms with E-state index in [9.17, 15) is 18.8 Å². The molecule has 7 nitrogen and oxygen atoms in total. The molecule has 1 aromatic heterocycles. The van der Waals surface area contributed by atoms with Crippen LogP contribution in [0.2, 0.25) is 0 Å². The van der Waals surface area contributed by atoms with Crippen molar-refractivity contribution in [2.24, 2.45) is 0 Å². The van der Waals surface area contributed by atoms with Crippen LogP contribution < -0.4 is 10.5 Å². The summed E-state index contributed by atoms with van der Waals surface area (Å²) in [6.45, 7) is 1.22. The minimum atomic E-state index is -0.651. The Morgan fingerprint density at radius 1 is 1.00 bits per heavy atom. The number of piperazine rings is 1. The number of aromatic nitrogens is 1. The normalized spacial score (nSPS) is 14.1. The average Bonchev–Trinajstić information content (AvgIpc) is 2.68. The van der Waals surface area contributed by atoms with Crippen molar-refractivity contribution in [1.82, 2.24) is 9.47 Å². The summed E-state index contributed by atoms with van der Waals surface area (Å²) in [5.74, 6) is -1.25. The van der Waals surface area contributed by atoms with E-state index in [1.807, 2.05) is 4.90 Å². The van der Waals surface area contributed by atoms with E-state index in [2.05, 4.69) is 0 Å². The number of hydrogen-bond donors (Lipinski definition) is 0. The highest BCUT2D eigenvalue weighted by Crippen LogP contribution is 2.20. The van der Waals surface area contributed by atoms with E-state index >= 15 is 0 Å². The first-order chi connectivity index (χ1) is 13.0. The maximum Gasteiger partial charge on any atom is 0.326 e. The van der Waals surface area contributed by atoms with Gasteiger partial charge in [-0.25, -0.2) is 4.39 Å². The number of carbonyl (C=O) groups is 2. The van der Waals surface area contributed by atoms with Crippen molar-refractivity contribution in [1.29, 1.82) is 0 Å². The number of benzene rings is 1. The van der Waals surface area contributed by atoms with Crippen LogP contribution in [-0.2, 0) is 20.9 Å². The molecule has 0 aliphatic carbocycles. The number of esters is 1. The van der Waals surface area contributed by atoms with Crippen LogP contribution >= 0.6 is 0 Å². The van der Waals surface area contributed by atoms with Crippen molar-refractivity contribution in [3.05, 3.63) is 64.8 Å². The number of amides is 1. The van der Waals surface area contributed by atoms with Crippen LogP contribution in [0, 0.1) is 5.82 Å². The van der Waals surface area contributed by atoms with Crippen LogP contribution in [0.15, 0.2) is 53.5 Å². The van der Waals surface area contributed by atoms with Gasteiger partial charge in [0.1, 0.15) is 12.4 Å². The molecule has 0 bridgehead atoms.